The van der Waals surface area contributed by atoms with E-state index >= 15 is 0 Å². The first kappa shape index (κ1) is 32.7. The normalized spacial score (nSPS) is 11.5. The third-order valence-corrected chi connectivity index (χ3v) is 10.9. The number of benzene rings is 9. The van der Waals surface area contributed by atoms with E-state index in [0.29, 0.717) is 5.89 Å². The van der Waals surface area contributed by atoms with Gasteiger partial charge in [-0.15, -0.1) is 0 Å². The Morgan fingerprint density at radius 3 is 1.51 bits per heavy atom. The summed E-state index contributed by atoms with van der Waals surface area (Å²) in [5.41, 5.74) is 14.4. The number of nitrogens with zero attached hydrogens (tertiary/aromatic N) is 2. The number of fused-ring (bicyclic) bond motifs is 6. The minimum absolute atomic E-state index is 0.619. The second-order valence-corrected chi connectivity index (χ2v) is 14.4. The van der Waals surface area contributed by atoms with Crippen LogP contribution < -0.4 is 4.90 Å². The molecule has 0 radical (unpaired) electrons. The van der Waals surface area contributed by atoms with E-state index in [1.165, 1.54) is 22.3 Å². The summed E-state index contributed by atoms with van der Waals surface area (Å²) in [7, 11) is 0. The lowest BCUT2D eigenvalue weighted by Gasteiger charge is -2.26. The van der Waals surface area contributed by atoms with Crippen LogP contribution >= 0.6 is 0 Å². The number of aromatic nitrogens is 1. The Labute approximate surface area is 329 Å². The van der Waals surface area contributed by atoms with Gasteiger partial charge in [-0.3, -0.25) is 0 Å². The van der Waals surface area contributed by atoms with Crippen LogP contribution in [0.4, 0.5) is 17.1 Å². The Kier molecular flexibility index (Phi) is 7.78. The van der Waals surface area contributed by atoms with Crippen molar-refractivity contribution in [2.75, 3.05) is 4.90 Å². The summed E-state index contributed by atoms with van der Waals surface area (Å²) in [5, 5.41) is 4.37. The predicted octanol–water partition coefficient (Wildman–Crippen LogP) is 15.0. The molecule has 0 aliphatic rings. The Balaban J connectivity index is 1.02. The van der Waals surface area contributed by atoms with Crippen LogP contribution in [0.5, 0.6) is 0 Å². The molecule has 11 aromatic rings. The lowest BCUT2D eigenvalue weighted by Crippen LogP contribution is -2.09. The van der Waals surface area contributed by atoms with Crippen molar-refractivity contribution in [3.8, 4) is 44.8 Å². The molecule has 4 heteroatoms. The molecule has 4 nitrogen and oxygen atoms in total. The molecule has 0 unspecified atom stereocenters. The maximum atomic E-state index is 6.83. The van der Waals surface area contributed by atoms with Gasteiger partial charge in [0.1, 0.15) is 16.7 Å². The highest BCUT2D eigenvalue weighted by Gasteiger charge is 2.19. The smallest absolute Gasteiger partial charge is 0.227 e. The maximum absolute atomic E-state index is 6.83. The lowest BCUT2D eigenvalue weighted by molar-refractivity contribution is 0.620. The molecule has 0 amide bonds. The molecule has 268 valence electrons. The summed E-state index contributed by atoms with van der Waals surface area (Å²) >= 11 is 0. The van der Waals surface area contributed by atoms with E-state index in [0.717, 1.165) is 77.6 Å². The second-order valence-electron chi connectivity index (χ2n) is 14.4. The molecule has 57 heavy (non-hydrogen) atoms. The number of hydrogen-bond donors (Lipinski definition) is 0. The molecule has 0 N–H and O–H groups in total. The standard InChI is InChI=1S/C53H34N2O2/c1-3-11-35(12-4-1)37-23-27-41(28-24-37)55(42-29-25-38(26-30-42)36-13-5-2-6-14-36)43-31-32-45-48-34-47(44-15-7-8-16-46(44)52(48)56-51(45)33-43)39-19-21-40(22-20-39)53-54-49-17-9-10-18-50(49)57-53/h1-34H. The molecule has 2 aromatic heterocycles. The van der Waals surface area contributed by atoms with Crippen LogP contribution in [0, 0.1) is 0 Å². The van der Waals surface area contributed by atoms with Gasteiger partial charge in [0.2, 0.25) is 5.89 Å². The van der Waals surface area contributed by atoms with Gasteiger partial charge in [-0.2, -0.15) is 0 Å². The molecule has 0 spiro atoms. The molecule has 0 saturated carbocycles. The van der Waals surface area contributed by atoms with Crippen molar-refractivity contribution in [1.82, 2.24) is 4.98 Å². The van der Waals surface area contributed by atoms with Crippen LogP contribution in [0.15, 0.2) is 215 Å². The molecule has 9 aromatic carbocycles. The van der Waals surface area contributed by atoms with Crippen LogP contribution in [0.1, 0.15) is 0 Å². The van der Waals surface area contributed by atoms with Crippen LogP contribution in [0.25, 0.3) is 88.6 Å². The molecule has 0 aliphatic heterocycles. The molecule has 0 atom stereocenters. The number of para-hydroxylation sites is 2. The first-order valence-electron chi connectivity index (χ1n) is 19.2. The summed E-state index contributed by atoms with van der Waals surface area (Å²) in [4.78, 5) is 7.02. The van der Waals surface area contributed by atoms with Gasteiger partial charge in [-0.05, 0) is 105 Å². The minimum atomic E-state index is 0.619. The van der Waals surface area contributed by atoms with E-state index in [1.54, 1.807) is 0 Å². The van der Waals surface area contributed by atoms with Crippen molar-refractivity contribution in [1.29, 1.82) is 0 Å². The number of oxazole rings is 1. The fourth-order valence-corrected chi connectivity index (χ4v) is 8.07. The lowest BCUT2D eigenvalue weighted by atomic mass is 9.95. The highest BCUT2D eigenvalue weighted by molar-refractivity contribution is 6.19. The highest BCUT2D eigenvalue weighted by Crippen LogP contribution is 2.43. The Morgan fingerprint density at radius 1 is 0.333 bits per heavy atom. The average molecular weight is 731 g/mol. The van der Waals surface area contributed by atoms with Gasteiger partial charge in [-0.25, -0.2) is 4.98 Å². The van der Waals surface area contributed by atoms with Crippen molar-refractivity contribution in [3.05, 3.63) is 206 Å². The Morgan fingerprint density at radius 2 is 0.860 bits per heavy atom. The minimum Gasteiger partial charge on any atom is -0.455 e. The van der Waals surface area contributed by atoms with Gasteiger partial charge in [-0.1, -0.05) is 133 Å². The quantitative estimate of drug-likeness (QED) is 0.164. The van der Waals surface area contributed by atoms with E-state index < -0.39 is 0 Å². The highest BCUT2D eigenvalue weighted by atomic mass is 16.3. The van der Waals surface area contributed by atoms with Gasteiger partial charge in [0, 0.05) is 44.9 Å². The zero-order valence-corrected chi connectivity index (χ0v) is 30.8. The van der Waals surface area contributed by atoms with Crippen LogP contribution in [0.3, 0.4) is 0 Å². The molecule has 11 rings (SSSR count). The average Bonchev–Trinajstić information content (AvgIpc) is 3.89. The van der Waals surface area contributed by atoms with Crippen LogP contribution in [-0.2, 0) is 0 Å². The van der Waals surface area contributed by atoms with Gasteiger partial charge >= 0.3 is 0 Å². The van der Waals surface area contributed by atoms with Gasteiger partial charge in [0.15, 0.2) is 5.58 Å². The Hall–Kier alpha value is -7.69. The monoisotopic (exact) mass is 730 g/mol. The summed E-state index contributed by atoms with van der Waals surface area (Å²) in [6, 6.07) is 72.3. The molecular weight excluding hydrogens is 697 g/mol. The predicted molar refractivity (Wildman–Crippen MR) is 235 cm³/mol. The molecule has 0 fully saturated rings. The number of rotatable bonds is 7. The van der Waals surface area contributed by atoms with E-state index in [9.17, 15) is 0 Å². The Bertz CT molecular complexity index is 3080. The zero-order valence-electron chi connectivity index (χ0n) is 30.8. The van der Waals surface area contributed by atoms with Gasteiger partial charge in [0.05, 0.1) is 0 Å². The molecule has 0 saturated heterocycles. The zero-order chi connectivity index (χ0) is 37.7. The number of hydrogen-bond acceptors (Lipinski definition) is 4. The van der Waals surface area contributed by atoms with E-state index in [-0.39, 0.29) is 0 Å². The molecule has 0 aliphatic carbocycles. The number of anilines is 3. The fraction of sp³-hybridized carbons (Fsp3) is 0. The topological polar surface area (TPSA) is 42.4 Å². The van der Waals surface area contributed by atoms with Crippen LogP contribution in [-0.4, -0.2) is 4.98 Å². The first-order valence-corrected chi connectivity index (χ1v) is 19.2. The number of furan rings is 1. The molecule has 2 heterocycles. The van der Waals surface area contributed by atoms with E-state index in [4.69, 9.17) is 13.8 Å². The summed E-state index contributed by atoms with van der Waals surface area (Å²) < 4.78 is 12.9. The van der Waals surface area contributed by atoms with Gasteiger partial charge < -0.3 is 13.7 Å². The summed E-state index contributed by atoms with van der Waals surface area (Å²) in [5.74, 6) is 0.619. The summed E-state index contributed by atoms with van der Waals surface area (Å²) in [6.45, 7) is 0. The fourth-order valence-electron chi connectivity index (χ4n) is 8.07. The second kappa shape index (κ2) is 13.6. The third kappa shape index (κ3) is 5.83. The van der Waals surface area contributed by atoms with Crippen molar-refractivity contribution < 1.29 is 8.83 Å². The molecule has 0 bridgehead atoms. The van der Waals surface area contributed by atoms with E-state index in [1.807, 2.05) is 24.3 Å². The van der Waals surface area contributed by atoms with Crippen LogP contribution in [0.2, 0.25) is 0 Å². The van der Waals surface area contributed by atoms with Crippen molar-refractivity contribution >= 4 is 60.9 Å². The first-order chi connectivity index (χ1) is 28.2. The summed E-state index contributed by atoms with van der Waals surface area (Å²) in [6.07, 6.45) is 0. The SMILES string of the molecule is c1ccc(-c2ccc(N(c3ccc(-c4ccccc4)cc3)c3ccc4c(c3)oc3c5ccccc5c(-c5ccc(-c6nc7ccccc7o6)cc5)cc43)cc2)cc1. The van der Waals surface area contributed by atoms with E-state index in [2.05, 4.69) is 187 Å². The largest absolute Gasteiger partial charge is 0.455 e. The third-order valence-electron chi connectivity index (χ3n) is 10.9. The van der Waals surface area contributed by atoms with Crippen molar-refractivity contribution in [2.45, 2.75) is 0 Å². The molecular formula is C53H34N2O2. The van der Waals surface area contributed by atoms with Crippen molar-refractivity contribution in [2.24, 2.45) is 0 Å². The van der Waals surface area contributed by atoms with Gasteiger partial charge in [0.25, 0.3) is 0 Å². The maximum Gasteiger partial charge on any atom is 0.227 e. The van der Waals surface area contributed by atoms with Crippen molar-refractivity contribution in [3.63, 3.8) is 0 Å².